The van der Waals surface area contributed by atoms with Gasteiger partial charge in [-0.15, -0.1) is 0 Å². The molecule has 1 aliphatic heterocycles. The number of carbonyl (C=O) groups excluding carboxylic acids is 1. The van der Waals surface area contributed by atoms with Crippen LogP contribution in [-0.2, 0) is 11.4 Å². The van der Waals surface area contributed by atoms with Crippen molar-refractivity contribution in [2.75, 3.05) is 37.7 Å². The zero-order valence-electron chi connectivity index (χ0n) is 15.4. The summed E-state index contributed by atoms with van der Waals surface area (Å²) in [6.45, 7) is 6.71. The molecule has 0 saturated carbocycles. The van der Waals surface area contributed by atoms with E-state index in [0.717, 1.165) is 49.7 Å². The lowest BCUT2D eigenvalue weighted by atomic mass is 10.2. The summed E-state index contributed by atoms with van der Waals surface area (Å²) in [5.74, 6) is 0.574. The highest BCUT2D eigenvalue weighted by Gasteiger charge is 2.19. The van der Waals surface area contributed by atoms with Crippen molar-refractivity contribution in [2.24, 2.45) is 0 Å². The Bertz CT molecular complexity index is 914. The first-order chi connectivity index (χ1) is 13.2. The van der Waals surface area contributed by atoms with Crippen molar-refractivity contribution in [1.29, 1.82) is 0 Å². The molecule has 27 heavy (non-hydrogen) atoms. The van der Waals surface area contributed by atoms with Crippen molar-refractivity contribution < 1.29 is 9.53 Å². The maximum atomic E-state index is 11.7. The number of carbonyl (C=O) groups is 1. The molecule has 0 radical (unpaired) electrons. The molecule has 3 aromatic rings. The summed E-state index contributed by atoms with van der Waals surface area (Å²) in [6, 6.07) is 11.9. The number of hydrogen-bond acceptors (Lipinski definition) is 6. The van der Waals surface area contributed by atoms with Gasteiger partial charge in [0.15, 0.2) is 0 Å². The van der Waals surface area contributed by atoms with Gasteiger partial charge in [0.1, 0.15) is 5.82 Å². The zero-order valence-corrected chi connectivity index (χ0v) is 15.4. The van der Waals surface area contributed by atoms with E-state index in [1.807, 2.05) is 30.6 Å². The molecule has 1 fully saturated rings. The number of ether oxygens (including phenoxy) is 1. The molecular weight excluding hydrogens is 342 g/mol. The lowest BCUT2D eigenvalue weighted by molar-refractivity contribution is 0.0526. The van der Waals surface area contributed by atoms with Crippen molar-refractivity contribution >= 4 is 22.8 Å². The van der Waals surface area contributed by atoms with Crippen LogP contribution in [0.3, 0.4) is 0 Å². The van der Waals surface area contributed by atoms with E-state index in [1.54, 1.807) is 19.2 Å². The number of esters is 1. The van der Waals surface area contributed by atoms with Crippen molar-refractivity contribution in [2.45, 2.75) is 13.6 Å². The van der Waals surface area contributed by atoms with Gasteiger partial charge in [0, 0.05) is 32.4 Å². The minimum absolute atomic E-state index is 0.325. The predicted octanol–water partition coefficient (Wildman–Crippen LogP) is 2.39. The number of fused-ring (bicyclic) bond motifs is 1. The van der Waals surface area contributed by atoms with E-state index < -0.39 is 0 Å². The Hall–Kier alpha value is -2.93. The Morgan fingerprint density at radius 2 is 1.89 bits per heavy atom. The predicted molar refractivity (Wildman–Crippen MR) is 104 cm³/mol. The number of aromatic nitrogens is 3. The molecule has 3 heterocycles. The molecule has 0 amide bonds. The van der Waals surface area contributed by atoms with Crippen LogP contribution in [0.1, 0.15) is 17.3 Å². The summed E-state index contributed by atoms with van der Waals surface area (Å²) in [5.41, 5.74) is 2.68. The van der Waals surface area contributed by atoms with E-state index in [0.29, 0.717) is 12.2 Å². The standard InChI is InChI=1S/C20H23N5O2/c1-2-27-20(26)16-7-8-19(21-13-16)24-11-9-23(10-12-24)15-25-14-22-17-5-3-4-6-18(17)25/h3-8,13-14H,2,9-12,15H2,1H3. The second kappa shape index (κ2) is 7.75. The highest BCUT2D eigenvalue weighted by molar-refractivity contribution is 5.89. The van der Waals surface area contributed by atoms with Crippen molar-refractivity contribution in [3.05, 3.63) is 54.5 Å². The molecule has 0 spiro atoms. The fraction of sp³-hybridized carbons (Fsp3) is 0.350. The summed E-state index contributed by atoms with van der Waals surface area (Å²) < 4.78 is 7.19. The van der Waals surface area contributed by atoms with Crippen LogP contribution in [0, 0.1) is 0 Å². The van der Waals surface area contributed by atoms with Crippen LogP contribution in [0.2, 0.25) is 0 Å². The number of imidazole rings is 1. The SMILES string of the molecule is CCOC(=O)c1ccc(N2CCN(Cn3cnc4ccccc43)CC2)nc1. The van der Waals surface area contributed by atoms with Gasteiger partial charge in [-0.05, 0) is 31.2 Å². The highest BCUT2D eigenvalue weighted by atomic mass is 16.5. The molecule has 4 rings (SSSR count). The molecule has 7 heteroatoms. The van der Waals surface area contributed by atoms with Crippen molar-refractivity contribution in [3.63, 3.8) is 0 Å². The first kappa shape index (κ1) is 17.5. The van der Waals surface area contributed by atoms with Crippen LogP contribution in [0.5, 0.6) is 0 Å². The lowest BCUT2D eigenvalue weighted by Crippen LogP contribution is -2.47. The fourth-order valence-electron chi connectivity index (χ4n) is 3.37. The molecule has 0 aliphatic carbocycles. The third-order valence-electron chi connectivity index (χ3n) is 4.84. The topological polar surface area (TPSA) is 63.5 Å². The normalized spacial score (nSPS) is 15.2. The monoisotopic (exact) mass is 365 g/mol. The minimum atomic E-state index is -0.325. The molecule has 0 N–H and O–H groups in total. The lowest BCUT2D eigenvalue weighted by Gasteiger charge is -2.35. The summed E-state index contributed by atoms with van der Waals surface area (Å²) in [4.78, 5) is 25.3. The Morgan fingerprint density at radius 1 is 1.07 bits per heavy atom. The van der Waals surface area contributed by atoms with Crippen LogP contribution < -0.4 is 4.90 Å². The third-order valence-corrected chi connectivity index (χ3v) is 4.84. The summed E-state index contributed by atoms with van der Waals surface area (Å²) in [7, 11) is 0. The molecule has 2 aromatic heterocycles. The summed E-state index contributed by atoms with van der Waals surface area (Å²) in [6.07, 6.45) is 3.50. The zero-order chi connectivity index (χ0) is 18.6. The Kier molecular flexibility index (Phi) is 5.02. The molecule has 0 atom stereocenters. The van der Waals surface area contributed by atoms with Gasteiger partial charge in [-0.2, -0.15) is 0 Å². The minimum Gasteiger partial charge on any atom is -0.462 e. The van der Waals surface area contributed by atoms with Crippen LogP contribution in [-0.4, -0.2) is 58.2 Å². The van der Waals surface area contributed by atoms with Gasteiger partial charge < -0.3 is 14.2 Å². The largest absolute Gasteiger partial charge is 0.462 e. The maximum absolute atomic E-state index is 11.7. The first-order valence-electron chi connectivity index (χ1n) is 9.25. The molecule has 0 bridgehead atoms. The molecular formula is C20H23N5O2. The number of anilines is 1. The van der Waals surface area contributed by atoms with Crippen LogP contribution in [0.4, 0.5) is 5.82 Å². The van der Waals surface area contributed by atoms with E-state index in [2.05, 4.69) is 30.4 Å². The van der Waals surface area contributed by atoms with E-state index in [-0.39, 0.29) is 5.97 Å². The number of piperazine rings is 1. The van der Waals surface area contributed by atoms with E-state index in [4.69, 9.17) is 4.74 Å². The fourth-order valence-corrected chi connectivity index (χ4v) is 3.37. The van der Waals surface area contributed by atoms with Gasteiger partial charge in [-0.3, -0.25) is 4.90 Å². The molecule has 1 saturated heterocycles. The Labute approximate surface area is 158 Å². The van der Waals surface area contributed by atoms with Gasteiger partial charge in [-0.1, -0.05) is 12.1 Å². The average Bonchev–Trinajstić information content (AvgIpc) is 3.12. The number of benzene rings is 1. The number of para-hydroxylation sites is 2. The summed E-state index contributed by atoms with van der Waals surface area (Å²) >= 11 is 0. The van der Waals surface area contributed by atoms with Gasteiger partial charge in [0.25, 0.3) is 0 Å². The summed E-state index contributed by atoms with van der Waals surface area (Å²) in [5, 5.41) is 0. The Balaban J connectivity index is 1.35. The highest BCUT2D eigenvalue weighted by Crippen LogP contribution is 2.17. The molecule has 140 valence electrons. The Morgan fingerprint density at radius 3 is 2.63 bits per heavy atom. The van der Waals surface area contributed by atoms with Crippen LogP contribution >= 0.6 is 0 Å². The van der Waals surface area contributed by atoms with Crippen molar-refractivity contribution in [1.82, 2.24) is 19.4 Å². The van der Waals surface area contributed by atoms with Crippen LogP contribution in [0.25, 0.3) is 11.0 Å². The second-order valence-electron chi connectivity index (χ2n) is 6.58. The van der Waals surface area contributed by atoms with Gasteiger partial charge >= 0.3 is 5.97 Å². The second-order valence-corrected chi connectivity index (χ2v) is 6.58. The number of hydrogen-bond donors (Lipinski definition) is 0. The molecule has 1 aliphatic rings. The maximum Gasteiger partial charge on any atom is 0.339 e. The van der Waals surface area contributed by atoms with E-state index in [9.17, 15) is 4.79 Å². The van der Waals surface area contributed by atoms with Crippen molar-refractivity contribution in [3.8, 4) is 0 Å². The molecule has 1 aromatic carbocycles. The first-order valence-corrected chi connectivity index (χ1v) is 9.25. The van der Waals surface area contributed by atoms with E-state index in [1.165, 1.54) is 0 Å². The number of rotatable bonds is 5. The smallest absolute Gasteiger partial charge is 0.339 e. The van der Waals surface area contributed by atoms with E-state index >= 15 is 0 Å². The quantitative estimate of drug-likeness (QED) is 0.647. The number of pyridine rings is 1. The number of nitrogens with zero attached hydrogens (tertiary/aromatic N) is 5. The average molecular weight is 365 g/mol. The molecule has 0 unspecified atom stereocenters. The van der Waals surface area contributed by atoms with Gasteiger partial charge in [0.05, 0.1) is 36.2 Å². The van der Waals surface area contributed by atoms with Gasteiger partial charge in [-0.25, -0.2) is 14.8 Å². The van der Waals surface area contributed by atoms with Crippen LogP contribution in [0.15, 0.2) is 48.9 Å². The van der Waals surface area contributed by atoms with Gasteiger partial charge in [0.2, 0.25) is 0 Å². The third kappa shape index (κ3) is 3.78. The molecule has 7 nitrogen and oxygen atoms in total.